The summed E-state index contributed by atoms with van der Waals surface area (Å²) in [5.41, 5.74) is 1.32. The van der Waals surface area contributed by atoms with Crippen LogP contribution in [-0.2, 0) is 0 Å². The molecule has 4 nitrogen and oxygen atoms in total. The summed E-state index contributed by atoms with van der Waals surface area (Å²) in [6.07, 6.45) is 2.40. The van der Waals surface area contributed by atoms with E-state index in [-0.39, 0.29) is 5.91 Å². The molecule has 0 radical (unpaired) electrons. The minimum absolute atomic E-state index is 0.0835. The summed E-state index contributed by atoms with van der Waals surface area (Å²) < 4.78 is 0. The van der Waals surface area contributed by atoms with Crippen molar-refractivity contribution in [1.82, 2.24) is 15.5 Å². The maximum Gasteiger partial charge on any atom is 0.252 e. The number of amides is 1. The number of hydrogen-bond acceptors (Lipinski definition) is 3. The molecule has 0 fully saturated rings. The topological polar surface area (TPSA) is 54.9 Å². The minimum Gasteiger partial charge on any atom is -0.352 e. The zero-order valence-corrected chi connectivity index (χ0v) is 7.87. The summed E-state index contributed by atoms with van der Waals surface area (Å²) in [5, 5.41) is 10.2. The molecule has 13 heavy (non-hydrogen) atoms. The van der Waals surface area contributed by atoms with Crippen LogP contribution in [0.5, 0.6) is 0 Å². The molecule has 4 heteroatoms. The Morgan fingerprint density at radius 1 is 1.62 bits per heavy atom. The molecule has 1 aromatic rings. The van der Waals surface area contributed by atoms with Crippen LogP contribution in [0, 0.1) is 6.92 Å². The van der Waals surface area contributed by atoms with E-state index in [2.05, 4.69) is 15.5 Å². The molecule has 1 aromatic heterocycles. The Balaban J connectivity index is 2.66. The highest BCUT2D eigenvalue weighted by Crippen LogP contribution is 1.97. The summed E-state index contributed by atoms with van der Waals surface area (Å²) in [4.78, 5) is 11.4. The van der Waals surface area contributed by atoms with Gasteiger partial charge in [0.05, 0.1) is 17.5 Å². The molecular formula is C9H13N3O. The van der Waals surface area contributed by atoms with Crippen LogP contribution in [0.4, 0.5) is 0 Å². The maximum absolute atomic E-state index is 11.4. The van der Waals surface area contributed by atoms with E-state index in [1.165, 1.54) is 6.20 Å². The molecule has 0 bridgehead atoms. The lowest BCUT2D eigenvalue weighted by molar-refractivity contribution is 0.0953. The molecule has 0 unspecified atom stereocenters. The van der Waals surface area contributed by atoms with Gasteiger partial charge in [0.25, 0.3) is 5.91 Å². The van der Waals surface area contributed by atoms with E-state index in [1.54, 1.807) is 6.07 Å². The number of nitrogens with zero attached hydrogens (tertiary/aromatic N) is 2. The Kier molecular flexibility index (Phi) is 3.37. The van der Waals surface area contributed by atoms with Gasteiger partial charge in [0.15, 0.2) is 0 Å². The molecule has 0 aliphatic carbocycles. The standard InChI is InChI=1S/C9H13N3O/c1-3-4-10-9(13)8-5-7(2)12-11-6-8/h5-6H,3-4H2,1-2H3,(H,10,13). The van der Waals surface area contributed by atoms with Gasteiger partial charge in [0.1, 0.15) is 0 Å². The number of hydrogen-bond donors (Lipinski definition) is 1. The lowest BCUT2D eigenvalue weighted by atomic mass is 10.2. The first-order valence-corrected chi connectivity index (χ1v) is 4.31. The molecular weight excluding hydrogens is 166 g/mol. The van der Waals surface area contributed by atoms with E-state index in [0.717, 1.165) is 12.1 Å². The van der Waals surface area contributed by atoms with E-state index in [9.17, 15) is 4.79 Å². The zero-order valence-electron chi connectivity index (χ0n) is 7.87. The Bertz CT molecular complexity index is 299. The van der Waals surface area contributed by atoms with Gasteiger partial charge in [0.2, 0.25) is 0 Å². The highest BCUT2D eigenvalue weighted by atomic mass is 16.1. The molecule has 1 rings (SSSR count). The molecule has 1 amide bonds. The smallest absolute Gasteiger partial charge is 0.252 e. The van der Waals surface area contributed by atoms with Gasteiger partial charge in [-0.05, 0) is 19.4 Å². The highest BCUT2D eigenvalue weighted by molar-refractivity contribution is 5.93. The number of carbonyl (C=O) groups is 1. The van der Waals surface area contributed by atoms with Crippen molar-refractivity contribution < 1.29 is 4.79 Å². The Morgan fingerprint density at radius 2 is 2.38 bits per heavy atom. The first-order valence-electron chi connectivity index (χ1n) is 4.31. The quantitative estimate of drug-likeness (QED) is 0.750. The van der Waals surface area contributed by atoms with Crippen LogP contribution in [0.3, 0.4) is 0 Å². The zero-order chi connectivity index (χ0) is 9.68. The van der Waals surface area contributed by atoms with Crippen molar-refractivity contribution in [3.8, 4) is 0 Å². The predicted octanol–water partition coefficient (Wildman–Crippen LogP) is 0.925. The molecule has 0 aliphatic rings. The minimum atomic E-state index is -0.0835. The summed E-state index contributed by atoms with van der Waals surface area (Å²) in [6.45, 7) is 4.51. The fraction of sp³-hybridized carbons (Fsp3) is 0.444. The van der Waals surface area contributed by atoms with E-state index in [0.29, 0.717) is 12.1 Å². The van der Waals surface area contributed by atoms with Crippen LogP contribution >= 0.6 is 0 Å². The number of aromatic nitrogens is 2. The van der Waals surface area contributed by atoms with Gasteiger partial charge in [0, 0.05) is 6.54 Å². The number of aryl methyl sites for hydroxylation is 1. The van der Waals surface area contributed by atoms with Crippen molar-refractivity contribution in [1.29, 1.82) is 0 Å². The first kappa shape index (κ1) is 9.64. The van der Waals surface area contributed by atoms with Crippen molar-refractivity contribution >= 4 is 5.91 Å². The Labute approximate surface area is 77.4 Å². The van der Waals surface area contributed by atoms with Crippen molar-refractivity contribution in [2.24, 2.45) is 0 Å². The lowest BCUT2D eigenvalue weighted by Crippen LogP contribution is -2.24. The number of nitrogens with one attached hydrogen (secondary N) is 1. The van der Waals surface area contributed by atoms with Crippen molar-refractivity contribution in [3.63, 3.8) is 0 Å². The second kappa shape index (κ2) is 4.54. The highest BCUT2D eigenvalue weighted by Gasteiger charge is 2.04. The van der Waals surface area contributed by atoms with Crippen LogP contribution in [0.15, 0.2) is 12.3 Å². The van der Waals surface area contributed by atoms with Gasteiger partial charge in [-0.2, -0.15) is 10.2 Å². The van der Waals surface area contributed by atoms with Crippen LogP contribution in [-0.4, -0.2) is 22.6 Å². The maximum atomic E-state index is 11.4. The average molecular weight is 179 g/mol. The molecule has 0 saturated carbocycles. The van der Waals surface area contributed by atoms with E-state index in [4.69, 9.17) is 0 Å². The van der Waals surface area contributed by atoms with E-state index in [1.807, 2.05) is 13.8 Å². The van der Waals surface area contributed by atoms with Crippen LogP contribution in [0.1, 0.15) is 29.4 Å². The largest absolute Gasteiger partial charge is 0.352 e. The summed E-state index contributed by atoms with van der Waals surface area (Å²) >= 11 is 0. The second-order valence-electron chi connectivity index (χ2n) is 2.84. The van der Waals surface area contributed by atoms with Crippen molar-refractivity contribution in [2.45, 2.75) is 20.3 Å². The SMILES string of the molecule is CCCNC(=O)c1cnnc(C)c1. The molecule has 0 spiro atoms. The van der Waals surface area contributed by atoms with Gasteiger partial charge in [-0.1, -0.05) is 6.92 Å². The molecule has 0 saturated heterocycles. The fourth-order valence-corrected chi connectivity index (χ4v) is 0.938. The van der Waals surface area contributed by atoms with Crippen molar-refractivity contribution in [3.05, 3.63) is 23.5 Å². The van der Waals surface area contributed by atoms with Gasteiger partial charge in [-0.3, -0.25) is 4.79 Å². The third kappa shape index (κ3) is 2.82. The molecule has 1 N–H and O–H groups in total. The lowest BCUT2D eigenvalue weighted by Gasteiger charge is -2.02. The molecule has 70 valence electrons. The molecule has 1 heterocycles. The molecule has 0 aromatic carbocycles. The number of rotatable bonds is 3. The predicted molar refractivity (Wildman–Crippen MR) is 49.4 cm³/mol. The third-order valence-corrected chi connectivity index (χ3v) is 1.57. The van der Waals surface area contributed by atoms with E-state index < -0.39 is 0 Å². The molecule has 0 aliphatic heterocycles. The summed E-state index contributed by atoms with van der Waals surface area (Å²) in [6, 6.07) is 1.72. The first-order chi connectivity index (χ1) is 6.24. The van der Waals surface area contributed by atoms with Crippen LogP contribution in [0.2, 0.25) is 0 Å². The summed E-state index contributed by atoms with van der Waals surface area (Å²) in [7, 11) is 0. The number of carbonyl (C=O) groups excluding carboxylic acids is 1. The monoisotopic (exact) mass is 179 g/mol. The van der Waals surface area contributed by atoms with E-state index >= 15 is 0 Å². The fourth-order valence-electron chi connectivity index (χ4n) is 0.938. The third-order valence-electron chi connectivity index (χ3n) is 1.57. The normalized spacial score (nSPS) is 9.69. The van der Waals surface area contributed by atoms with Gasteiger partial charge in [-0.15, -0.1) is 0 Å². The molecule has 0 atom stereocenters. The van der Waals surface area contributed by atoms with Crippen molar-refractivity contribution in [2.75, 3.05) is 6.54 Å². The van der Waals surface area contributed by atoms with Gasteiger partial charge >= 0.3 is 0 Å². The Morgan fingerprint density at radius 3 is 3.00 bits per heavy atom. The van der Waals surface area contributed by atoms with Gasteiger partial charge in [-0.25, -0.2) is 0 Å². The Hall–Kier alpha value is -1.45. The second-order valence-corrected chi connectivity index (χ2v) is 2.84. The summed E-state index contributed by atoms with van der Waals surface area (Å²) in [5.74, 6) is -0.0835. The van der Waals surface area contributed by atoms with Crippen LogP contribution in [0.25, 0.3) is 0 Å². The average Bonchev–Trinajstić information content (AvgIpc) is 2.14. The van der Waals surface area contributed by atoms with Crippen LogP contribution < -0.4 is 5.32 Å². The van der Waals surface area contributed by atoms with Gasteiger partial charge < -0.3 is 5.32 Å².